The lowest BCUT2D eigenvalue weighted by Crippen LogP contribution is -2.49. The molecule has 2 aromatic rings. The number of amides is 1. The lowest BCUT2D eigenvalue weighted by Gasteiger charge is -2.45. The Bertz CT molecular complexity index is 1490. The van der Waals surface area contributed by atoms with E-state index in [0.717, 1.165) is 55.8 Å². The normalized spacial score (nSPS) is 35.1. The monoisotopic (exact) mass is 582 g/mol. The van der Waals surface area contributed by atoms with E-state index < -0.39 is 27.3 Å². The first-order chi connectivity index (χ1) is 19.2. The predicted octanol–water partition coefficient (Wildman–Crippen LogP) is 4.61. The van der Waals surface area contributed by atoms with Gasteiger partial charge in [-0.15, -0.1) is 0 Å². The molecule has 2 fully saturated rings. The van der Waals surface area contributed by atoms with Crippen LogP contribution in [0.15, 0.2) is 48.6 Å². The quantitative estimate of drug-likeness (QED) is 0.441. The summed E-state index contributed by atoms with van der Waals surface area (Å²) in [5.41, 5.74) is 3.38. The molecule has 1 spiro atoms. The number of aliphatic hydroxyl groups excluding tert-OH is 1. The number of hydrogen-bond donors (Lipinski definition) is 2. The van der Waals surface area contributed by atoms with E-state index in [1.165, 1.54) is 11.1 Å². The second-order valence-electron chi connectivity index (χ2n) is 12.4. The van der Waals surface area contributed by atoms with E-state index in [4.69, 9.17) is 16.3 Å². The summed E-state index contributed by atoms with van der Waals surface area (Å²) >= 11 is 6.37. The number of benzene rings is 2. The van der Waals surface area contributed by atoms with Gasteiger partial charge in [0.2, 0.25) is 10.0 Å². The number of aryl methyl sites for hydroxylation is 1. The van der Waals surface area contributed by atoms with Crippen LogP contribution in [0.4, 0.5) is 5.69 Å². The molecule has 2 bridgehead atoms. The Hall–Kier alpha value is -2.55. The maximum Gasteiger partial charge on any atom is 0.264 e. The first-order valence-corrected chi connectivity index (χ1v) is 16.4. The van der Waals surface area contributed by atoms with Crippen LogP contribution in [0.5, 0.6) is 5.75 Å². The lowest BCUT2D eigenvalue weighted by atomic mass is 9.68. The van der Waals surface area contributed by atoms with Gasteiger partial charge in [0.05, 0.1) is 23.6 Å². The average Bonchev–Trinajstić information content (AvgIpc) is 3.02. The standard InChI is InChI=1S/C31H35ClN2O5S/c32-23-7-9-25-20(14-23)2-1-13-31(25)17-34-16-22-3-8-24(22)27(35)10-4-19-6-12-29(19)40(37,38)33-30(36)21-5-11-28(39-18-31)26(34)15-21/h4-5,7,9-11,14-15,19,22,24,27,29,35H,1-3,6,8,12-13,16-18H2,(H,33,36)/b10-4+/t19-,22+,24-,27+,29?,31+/m1/s1. The van der Waals surface area contributed by atoms with Crippen molar-refractivity contribution >= 4 is 33.2 Å². The minimum absolute atomic E-state index is 0.112. The van der Waals surface area contributed by atoms with E-state index in [-0.39, 0.29) is 23.2 Å². The summed E-state index contributed by atoms with van der Waals surface area (Å²) in [4.78, 5) is 15.6. The molecule has 2 heterocycles. The molecule has 2 saturated carbocycles. The number of nitrogens with zero attached hydrogens (tertiary/aromatic N) is 1. The number of hydrogen-bond acceptors (Lipinski definition) is 6. The Kier molecular flexibility index (Phi) is 6.44. The average molecular weight is 583 g/mol. The zero-order valence-electron chi connectivity index (χ0n) is 22.4. The van der Waals surface area contributed by atoms with Gasteiger partial charge in [-0.2, -0.15) is 0 Å². The van der Waals surface area contributed by atoms with Gasteiger partial charge in [0, 0.05) is 29.1 Å². The molecule has 0 saturated heterocycles. The summed E-state index contributed by atoms with van der Waals surface area (Å²) in [6, 6.07) is 11.4. The Morgan fingerprint density at radius 3 is 2.73 bits per heavy atom. The van der Waals surface area contributed by atoms with Gasteiger partial charge in [-0.1, -0.05) is 29.8 Å². The maximum absolute atomic E-state index is 13.3. The van der Waals surface area contributed by atoms with Crippen LogP contribution < -0.4 is 14.4 Å². The third-order valence-corrected chi connectivity index (χ3v) is 12.2. The third kappa shape index (κ3) is 4.43. The first-order valence-electron chi connectivity index (χ1n) is 14.5. The summed E-state index contributed by atoms with van der Waals surface area (Å²) in [7, 11) is -3.86. The lowest BCUT2D eigenvalue weighted by molar-refractivity contribution is 0.0453. The summed E-state index contributed by atoms with van der Waals surface area (Å²) in [6.45, 7) is 1.94. The zero-order chi connectivity index (χ0) is 27.6. The fourth-order valence-corrected chi connectivity index (χ4v) is 9.43. The molecule has 3 aliphatic carbocycles. The summed E-state index contributed by atoms with van der Waals surface area (Å²) < 4.78 is 35.1. The SMILES string of the molecule is O=C1NS(=O)(=O)C2CC[C@H]2/C=C/[C@H](O)[C@@H]2CC[C@H]2CN2C[C@@]3(CCCc4cc(Cl)ccc43)COc3ccc1cc32. The number of fused-ring (bicyclic) bond motifs is 5. The van der Waals surface area contributed by atoms with Crippen molar-refractivity contribution in [2.75, 3.05) is 24.6 Å². The number of aliphatic hydroxyl groups is 1. The Labute approximate surface area is 240 Å². The van der Waals surface area contributed by atoms with E-state index in [1.54, 1.807) is 24.3 Å². The van der Waals surface area contributed by atoms with E-state index in [0.29, 0.717) is 30.9 Å². The minimum Gasteiger partial charge on any atom is -0.490 e. The molecule has 2 aliphatic heterocycles. The summed E-state index contributed by atoms with van der Waals surface area (Å²) in [6.07, 6.45) is 9.20. The molecule has 9 heteroatoms. The van der Waals surface area contributed by atoms with Crippen LogP contribution in [0.2, 0.25) is 5.02 Å². The van der Waals surface area contributed by atoms with Gasteiger partial charge in [0.1, 0.15) is 5.75 Å². The number of nitrogens with one attached hydrogen (secondary N) is 1. The van der Waals surface area contributed by atoms with Crippen molar-refractivity contribution in [1.29, 1.82) is 0 Å². The number of allylic oxidation sites excluding steroid dienone is 1. The molecule has 1 unspecified atom stereocenters. The molecule has 40 heavy (non-hydrogen) atoms. The predicted molar refractivity (Wildman–Crippen MR) is 154 cm³/mol. The number of carbonyl (C=O) groups is 1. The van der Waals surface area contributed by atoms with Crippen LogP contribution in [-0.4, -0.2) is 50.5 Å². The Morgan fingerprint density at radius 1 is 1.07 bits per heavy atom. The number of anilines is 1. The molecule has 2 aromatic carbocycles. The van der Waals surface area contributed by atoms with E-state index in [2.05, 4.69) is 21.8 Å². The number of ether oxygens (including phenoxy) is 1. The van der Waals surface area contributed by atoms with Gasteiger partial charge in [-0.25, -0.2) is 13.1 Å². The molecule has 7 nitrogen and oxygen atoms in total. The highest BCUT2D eigenvalue weighted by Gasteiger charge is 2.45. The van der Waals surface area contributed by atoms with Crippen molar-refractivity contribution in [3.8, 4) is 5.75 Å². The number of rotatable bonds is 0. The molecule has 5 aliphatic rings. The van der Waals surface area contributed by atoms with Crippen molar-refractivity contribution in [2.24, 2.45) is 17.8 Å². The smallest absolute Gasteiger partial charge is 0.264 e. The molecule has 2 N–H and O–H groups in total. The Balaban J connectivity index is 1.31. The molecule has 0 radical (unpaired) electrons. The fraction of sp³-hybridized carbons (Fsp3) is 0.516. The third-order valence-electron chi connectivity index (χ3n) is 10.1. The van der Waals surface area contributed by atoms with Crippen molar-refractivity contribution in [2.45, 2.75) is 61.7 Å². The van der Waals surface area contributed by atoms with Gasteiger partial charge >= 0.3 is 0 Å². The number of carbonyl (C=O) groups excluding carboxylic acids is 1. The van der Waals surface area contributed by atoms with Crippen LogP contribution >= 0.6 is 11.6 Å². The molecule has 7 rings (SSSR count). The highest BCUT2D eigenvalue weighted by Crippen LogP contribution is 2.47. The highest BCUT2D eigenvalue weighted by atomic mass is 35.5. The number of sulfonamides is 1. The topological polar surface area (TPSA) is 95.9 Å². The van der Waals surface area contributed by atoms with Crippen molar-refractivity contribution in [3.63, 3.8) is 0 Å². The maximum atomic E-state index is 13.3. The van der Waals surface area contributed by atoms with E-state index in [9.17, 15) is 18.3 Å². The van der Waals surface area contributed by atoms with E-state index in [1.807, 2.05) is 12.1 Å². The van der Waals surface area contributed by atoms with Crippen LogP contribution in [0.3, 0.4) is 0 Å². The van der Waals surface area contributed by atoms with Crippen molar-refractivity contribution < 1.29 is 23.1 Å². The van der Waals surface area contributed by atoms with Crippen molar-refractivity contribution in [3.05, 3.63) is 70.3 Å². The van der Waals surface area contributed by atoms with Crippen LogP contribution in [0, 0.1) is 17.8 Å². The van der Waals surface area contributed by atoms with Gasteiger partial charge < -0.3 is 14.7 Å². The van der Waals surface area contributed by atoms with Crippen LogP contribution in [0.1, 0.15) is 60.0 Å². The molecule has 6 atom stereocenters. The number of halogens is 1. The second-order valence-corrected chi connectivity index (χ2v) is 14.8. The van der Waals surface area contributed by atoms with Crippen LogP contribution in [0.25, 0.3) is 0 Å². The second kappa shape index (κ2) is 9.78. The highest BCUT2D eigenvalue weighted by molar-refractivity contribution is 7.90. The Morgan fingerprint density at radius 2 is 1.95 bits per heavy atom. The molecule has 1 amide bonds. The summed E-state index contributed by atoms with van der Waals surface area (Å²) in [5, 5.41) is 11.2. The zero-order valence-corrected chi connectivity index (χ0v) is 24.0. The van der Waals surface area contributed by atoms with E-state index >= 15 is 0 Å². The van der Waals surface area contributed by atoms with Crippen LogP contribution in [-0.2, 0) is 21.9 Å². The first kappa shape index (κ1) is 26.4. The van der Waals surface area contributed by atoms with Gasteiger partial charge in [-0.3, -0.25) is 4.79 Å². The van der Waals surface area contributed by atoms with Gasteiger partial charge in [0.15, 0.2) is 0 Å². The molecular weight excluding hydrogens is 548 g/mol. The fourth-order valence-electron chi connectivity index (χ4n) is 7.57. The molecule has 0 aromatic heterocycles. The van der Waals surface area contributed by atoms with Gasteiger partial charge in [-0.05, 0) is 104 Å². The minimum atomic E-state index is -3.86. The van der Waals surface area contributed by atoms with Crippen molar-refractivity contribution in [1.82, 2.24) is 4.72 Å². The molecule has 212 valence electrons. The summed E-state index contributed by atoms with van der Waals surface area (Å²) in [5.74, 6) is 0.263. The largest absolute Gasteiger partial charge is 0.490 e. The van der Waals surface area contributed by atoms with Gasteiger partial charge in [0.25, 0.3) is 5.91 Å². The molecular formula is C31H35ClN2O5S.